The van der Waals surface area contributed by atoms with Crippen LogP contribution in [0.5, 0.6) is 0 Å². The van der Waals surface area contributed by atoms with Gasteiger partial charge in [0.15, 0.2) is 0 Å². The van der Waals surface area contributed by atoms with Crippen LogP contribution in [-0.2, 0) is 13.1 Å². The van der Waals surface area contributed by atoms with E-state index >= 15 is 0 Å². The van der Waals surface area contributed by atoms with E-state index in [1.807, 2.05) is 17.7 Å². The summed E-state index contributed by atoms with van der Waals surface area (Å²) in [6.45, 7) is 3.41. The van der Waals surface area contributed by atoms with Crippen molar-refractivity contribution in [1.82, 2.24) is 9.55 Å². The van der Waals surface area contributed by atoms with Crippen LogP contribution < -0.4 is 5.32 Å². The SMILES string of the molecule is CCn1ccnc1CNc1ccc(Br)c([N+](=O)[O-])c1. The van der Waals surface area contributed by atoms with Crippen LogP contribution >= 0.6 is 15.9 Å². The van der Waals surface area contributed by atoms with Crippen LogP contribution in [0.25, 0.3) is 0 Å². The molecule has 1 N–H and O–H groups in total. The predicted octanol–water partition coefficient (Wildman–Crippen LogP) is 3.19. The van der Waals surface area contributed by atoms with Crippen molar-refractivity contribution in [1.29, 1.82) is 0 Å². The van der Waals surface area contributed by atoms with Crippen LogP contribution in [0, 0.1) is 10.1 Å². The number of nitro groups is 1. The number of nitrogens with one attached hydrogen (secondary N) is 1. The zero-order valence-electron chi connectivity index (χ0n) is 10.3. The van der Waals surface area contributed by atoms with Gasteiger partial charge in [0.1, 0.15) is 5.82 Å². The Morgan fingerprint density at radius 3 is 3.00 bits per heavy atom. The first kappa shape index (κ1) is 13.5. The second-order valence-electron chi connectivity index (χ2n) is 3.91. The van der Waals surface area contributed by atoms with Crippen molar-refractivity contribution in [3.63, 3.8) is 0 Å². The van der Waals surface area contributed by atoms with Crippen molar-refractivity contribution in [2.24, 2.45) is 0 Å². The Bertz CT molecular complexity index is 597. The Labute approximate surface area is 118 Å². The van der Waals surface area contributed by atoms with Gasteiger partial charge in [0.25, 0.3) is 5.69 Å². The molecule has 0 atom stereocenters. The maximum absolute atomic E-state index is 10.8. The second kappa shape index (κ2) is 5.83. The van der Waals surface area contributed by atoms with E-state index in [2.05, 4.69) is 26.2 Å². The van der Waals surface area contributed by atoms with Crippen molar-refractivity contribution in [3.8, 4) is 0 Å². The fourth-order valence-corrected chi connectivity index (χ4v) is 2.13. The van der Waals surface area contributed by atoms with Crippen molar-refractivity contribution < 1.29 is 4.92 Å². The Morgan fingerprint density at radius 2 is 2.32 bits per heavy atom. The van der Waals surface area contributed by atoms with E-state index in [0.717, 1.165) is 12.4 Å². The number of benzene rings is 1. The maximum atomic E-state index is 10.8. The smallest absolute Gasteiger partial charge is 0.285 e. The topological polar surface area (TPSA) is 73.0 Å². The lowest BCUT2D eigenvalue weighted by Crippen LogP contribution is -2.07. The van der Waals surface area contributed by atoms with Crippen LogP contribution in [0.1, 0.15) is 12.7 Å². The minimum absolute atomic E-state index is 0.0452. The quantitative estimate of drug-likeness (QED) is 0.677. The van der Waals surface area contributed by atoms with E-state index in [9.17, 15) is 10.1 Å². The third kappa shape index (κ3) is 3.11. The number of aromatic nitrogens is 2. The summed E-state index contributed by atoms with van der Waals surface area (Å²) < 4.78 is 2.48. The highest BCUT2D eigenvalue weighted by Gasteiger charge is 2.12. The zero-order valence-corrected chi connectivity index (χ0v) is 11.9. The van der Waals surface area contributed by atoms with Gasteiger partial charge in [-0.05, 0) is 35.0 Å². The number of hydrogen-bond acceptors (Lipinski definition) is 4. The van der Waals surface area contributed by atoms with Crippen LogP contribution in [0.15, 0.2) is 35.1 Å². The first-order valence-corrected chi connectivity index (χ1v) is 6.59. The number of nitrogens with zero attached hydrogens (tertiary/aromatic N) is 3. The Balaban J connectivity index is 2.12. The molecule has 100 valence electrons. The van der Waals surface area contributed by atoms with Crippen molar-refractivity contribution in [3.05, 3.63) is 51.0 Å². The number of imidazole rings is 1. The molecule has 6 nitrogen and oxygen atoms in total. The molecule has 0 aliphatic carbocycles. The second-order valence-corrected chi connectivity index (χ2v) is 4.76. The summed E-state index contributed by atoms with van der Waals surface area (Å²) in [4.78, 5) is 14.7. The standard InChI is InChI=1S/C12H13BrN4O2/c1-2-16-6-5-14-12(16)8-15-9-3-4-10(13)11(7-9)17(18)19/h3-7,15H,2,8H2,1H3. The third-order valence-electron chi connectivity index (χ3n) is 2.74. The minimum Gasteiger partial charge on any atom is -0.378 e. The van der Waals surface area contributed by atoms with Gasteiger partial charge < -0.3 is 9.88 Å². The highest BCUT2D eigenvalue weighted by atomic mass is 79.9. The highest BCUT2D eigenvalue weighted by molar-refractivity contribution is 9.10. The largest absolute Gasteiger partial charge is 0.378 e. The molecular weight excluding hydrogens is 312 g/mol. The van der Waals surface area contributed by atoms with Gasteiger partial charge in [0.2, 0.25) is 0 Å². The summed E-state index contributed by atoms with van der Waals surface area (Å²) in [6, 6.07) is 4.95. The number of halogens is 1. The van der Waals surface area contributed by atoms with E-state index in [4.69, 9.17) is 0 Å². The summed E-state index contributed by atoms with van der Waals surface area (Å²) in [7, 11) is 0. The molecule has 0 saturated heterocycles. The molecule has 2 rings (SSSR count). The van der Waals surface area contributed by atoms with E-state index < -0.39 is 4.92 Å². The van der Waals surface area contributed by atoms with E-state index in [1.165, 1.54) is 6.07 Å². The van der Waals surface area contributed by atoms with Crippen molar-refractivity contribution in [2.45, 2.75) is 20.0 Å². The molecule has 0 aliphatic rings. The van der Waals surface area contributed by atoms with Gasteiger partial charge in [-0.3, -0.25) is 10.1 Å². The fraction of sp³-hybridized carbons (Fsp3) is 0.250. The lowest BCUT2D eigenvalue weighted by Gasteiger charge is -2.08. The first-order valence-electron chi connectivity index (χ1n) is 5.79. The van der Waals surface area contributed by atoms with Crippen LogP contribution in [-0.4, -0.2) is 14.5 Å². The molecule has 0 unspecified atom stereocenters. The molecule has 0 bridgehead atoms. The van der Waals surface area contributed by atoms with Gasteiger partial charge in [0, 0.05) is 30.7 Å². The van der Waals surface area contributed by atoms with Crippen LogP contribution in [0.4, 0.5) is 11.4 Å². The molecule has 1 aromatic heterocycles. The molecule has 0 amide bonds. The summed E-state index contributed by atoms with van der Waals surface area (Å²) in [5.41, 5.74) is 0.740. The van der Waals surface area contributed by atoms with Gasteiger partial charge in [-0.15, -0.1) is 0 Å². The van der Waals surface area contributed by atoms with Crippen LogP contribution in [0.3, 0.4) is 0 Å². The molecule has 0 spiro atoms. The lowest BCUT2D eigenvalue weighted by molar-refractivity contribution is -0.385. The maximum Gasteiger partial charge on any atom is 0.285 e. The summed E-state index contributed by atoms with van der Waals surface area (Å²) >= 11 is 3.16. The summed E-state index contributed by atoms with van der Waals surface area (Å²) in [5.74, 6) is 0.896. The highest BCUT2D eigenvalue weighted by Crippen LogP contribution is 2.27. The van der Waals surface area contributed by atoms with Gasteiger partial charge in [-0.2, -0.15) is 0 Å². The van der Waals surface area contributed by atoms with E-state index in [0.29, 0.717) is 16.7 Å². The number of rotatable bonds is 5. The molecule has 0 aliphatic heterocycles. The number of aryl methyl sites for hydroxylation is 1. The normalized spacial score (nSPS) is 10.4. The molecule has 2 aromatic rings. The Kier molecular flexibility index (Phi) is 4.16. The van der Waals surface area contributed by atoms with Gasteiger partial charge in [-0.1, -0.05) is 0 Å². The lowest BCUT2D eigenvalue weighted by atomic mass is 10.3. The molecule has 0 saturated carbocycles. The molecule has 0 radical (unpaired) electrons. The van der Waals surface area contributed by atoms with E-state index in [-0.39, 0.29) is 5.69 Å². The monoisotopic (exact) mass is 324 g/mol. The molecule has 7 heteroatoms. The van der Waals surface area contributed by atoms with Crippen molar-refractivity contribution >= 4 is 27.3 Å². The Morgan fingerprint density at radius 1 is 1.53 bits per heavy atom. The van der Waals surface area contributed by atoms with Gasteiger partial charge in [-0.25, -0.2) is 4.98 Å². The zero-order chi connectivity index (χ0) is 13.8. The number of nitro benzene ring substituents is 1. The molecular formula is C12H13BrN4O2. The Hall–Kier alpha value is -1.89. The van der Waals surface area contributed by atoms with Crippen molar-refractivity contribution in [2.75, 3.05) is 5.32 Å². The summed E-state index contributed by atoms with van der Waals surface area (Å²) in [5, 5.41) is 14.0. The predicted molar refractivity (Wildman–Crippen MR) is 76.0 cm³/mol. The average molecular weight is 325 g/mol. The first-order chi connectivity index (χ1) is 9.11. The van der Waals surface area contributed by atoms with Gasteiger partial charge in [0.05, 0.1) is 15.9 Å². The van der Waals surface area contributed by atoms with E-state index in [1.54, 1.807) is 18.3 Å². The number of hydrogen-bond donors (Lipinski definition) is 1. The van der Waals surface area contributed by atoms with Gasteiger partial charge >= 0.3 is 0 Å². The number of anilines is 1. The molecule has 1 heterocycles. The fourth-order valence-electron chi connectivity index (χ4n) is 1.74. The minimum atomic E-state index is -0.414. The molecule has 1 aromatic carbocycles. The summed E-state index contributed by atoms with van der Waals surface area (Å²) in [6.07, 6.45) is 3.64. The van der Waals surface area contributed by atoms with Crippen LogP contribution in [0.2, 0.25) is 0 Å². The average Bonchev–Trinajstić information content (AvgIpc) is 2.84. The molecule has 0 fully saturated rings. The third-order valence-corrected chi connectivity index (χ3v) is 3.41. The molecule has 19 heavy (non-hydrogen) atoms.